The fourth-order valence-electron chi connectivity index (χ4n) is 4.92. The van der Waals surface area contributed by atoms with Crippen LogP contribution in [-0.2, 0) is 14.8 Å². The fourth-order valence-corrected chi connectivity index (χ4v) is 6.41. The molecule has 2 saturated heterocycles. The highest BCUT2D eigenvalue weighted by atomic mass is 32.2. The first-order chi connectivity index (χ1) is 16.0. The van der Waals surface area contributed by atoms with Crippen molar-refractivity contribution < 1.29 is 22.7 Å². The molecule has 1 amide bonds. The van der Waals surface area contributed by atoms with Crippen LogP contribution in [0.1, 0.15) is 38.1 Å². The standard InChI is InChI=1S/C23H30N4O5S/c28-23(25-9-6-19(7-10-25)26-13-8-24-17-26)18-4-11-27(12-5-18)33(29,30)20-2-3-21-22(16-20)32-15-1-14-31-21/h2-3,8,13,16-19H,1,4-7,9-12,14-15H2. The number of hydrogen-bond donors (Lipinski definition) is 0. The molecule has 3 aliphatic rings. The van der Waals surface area contributed by atoms with Crippen LogP contribution in [0.4, 0.5) is 0 Å². The van der Waals surface area contributed by atoms with Crippen molar-refractivity contribution in [1.82, 2.24) is 18.8 Å². The number of nitrogens with zero attached hydrogens (tertiary/aromatic N) is 4. The number of imidazole rings is 1. The number of likely N-dealkylation sites (tertiary alicyclic amines) is 1. The van der Waals surface area contributed by atoms with Crippen molar-refractivity contribution in [2.45, 2.75) is 43.0 Å². The van der Waals surface area contributed by atoms with E-state index in [9.17, 15) is 13.2 Å². The van der Waals surface area contributed by atoms with Gasteiger partial charge in [-0.1, -0.05) is 0 Å². The lowest BCUT2D eigenvalue weighted by molar-refractivity contribution is -0.138. The minimum absolute atomic E-state index is 0.120. The Balaban J connectivity index is 1.18. The fraction of sp³-hybridized carbons (Fsp3) is 0.565. The van der Waals surface area contributed by atoms with E-state index in [1.807, 2.05) is 17.4 Å². The number of carbonyl (C=O) groups excluding carboxylic acids is 1. The summed E-state index contributed by atoms with van der Waals surface area (Å²) >= 11 is 0. The molecule has 178 valence electrons. The summed E-state index contributed by atoms with van der Waals surface area (Å²) in [5, 5.41) is 0. The van der Waals surface area contributed by atoms with Gasteiger partial charge in [-0.25, -0.2) is 13.4 Å². The number of amides is 1. The summed E-state index contributed by atoms with van der Waals surface area (Å²) in [6, 6.07) is 5.18. The van der Waals surface area contributed by atoms with E-state index in [1.165, 1.54) is 4.31 Å². The Kier molecular flexibility index (Phi) is 6.29. The molecular weight excluding hydrogens is 444 g/mol. The summed E-state index contributed by atoms with van der Waals surface area (Å²) < 4.78 is 41.3. The molecule has 0 radical (unpaired) electrons. The molecule has 0 atom stereocenters. The zero-order chi connectivity index (χ0) is 22.8. The number of carbonyl (C=O) groups is 1. The van der Waals surface area contributed by atoms with Crippen molar-refractivity contribution in [2.75, 3.05) is 39.4 Å². The summed E-state index contributed by atoms with van der Waals surface area (Å²) in [6.07, 6.45) is 9.28. The van der Waals surface area contributed by atoms with Gasteiger partial charge in [-0.15, -0.1) is 0 Å². The Labute approximate surface area is 194 Å². The number of fused-ring (bicyclic) bond motifs is 1. The van der Waals surface area contributed by atoms with Crippen molar-refractivity contribution in [3.05, 3.63) is 36.9 Å². The van der Waals surface area contributed by atoms with Gasteiger partial charge in [-0.2, -0.15) is 4.31 Å². The average Bonchev–Trinajstić information content (AvgIpc) is 3.29. The van der Waals surface area contributed by atoms with Crippen LogP contribution in [0, 0.1) is 5.92 Å². The number of piperidine rings is 2. The van der Waals surface area contributed by atoms with E-state index in [0.29, 0.717) is 56.7 Å². The smallest absolute Gasteiger partial charge is 0.243 e. The van der Waals surface area contributed by atoms with Crippen molar-refractivity contribution in [1.29, 1.82) is 0 Å². The molecule has 2 fully saturated rings. The van der Waals surface area contributed by atoms with Gasteiger partial charge in [0.15, 0.2) is 11.5 Å². The second-order valence-corrected chi connectivity index (χ2v) is 10.8. The number of aromatic nitrogens is 2. The monoisotopic (exact) mass is 474 g/mol. The average molecular weight is 475 g/mol. The van der Waals surface area contributed by atoms with Crippen LogP contribution in [-0.4, -0.2) is 72.5 Å². The Hall–Kier alpha value is -2.59. The van der Waals surface area contributed by atoms with E-state index in [4.69, 9.17) is 9.47 Å². The maximum atomic E-state index is 13.2. The van der Waals surface area contributed by atoms with Crippen LogP contribution >= 0.6 is 0 Å². The van der Waals surface area contributed by atoms with Crippen molar-refractivity contribution in [3.8, 4) is 11.5 Å². The Bertz CT molecular complexity index is 1070. The molecular formula is C23H30N4O5S. The van der Waals surface area contributed by atoms with E-state index >= 15 is 0 Å². The quantitative estimate of drug-likeness (QED) is 0.675. The molecule has 9 nitrogen and oxygen atoms in total. The maximum Gasteiger partial charge on any atom is 0.243 e. The predicted molar refractivity (Wildman–Crippen MR) is 121 cm³/mol. The van der Waals surface area contributed by atoms with Crippen LogP contribution in [0.3, 0.4) is 0 Å². The lowest BCUT2D eigenvalue weighted by Gasteiger charge is -2.37. The van der Waals surface area contributed by atoms with Crippen molar-refractivity contribution >= 4 is 15.9 Å². The van der Waals surface area contributed by atoms with Crippen LogP contribution in [0.15, 0.2) is 41.8 Å². The maximum absolute atomic E-state index is 13.2. The van der Waals surface area contributed by atoms with E-state index in [1.54, 1.807) is 24.4 Å². The summed E-state index contributed by atoms with van der Waals surface area (Å²) in [7, 11) is -3.65. The van der Waals surface area contributed by atoms with Crippen LogP contribution in [0.5, 0.6) is 11.5 Å². The lowest BCUT2D eigenvalue weighted by atomic mass is 9.95. The molecule has 0 N–H and O–H groups in total. The Morgan fingerprint density at radius 1 is 0.970 bits per heavy atom. The number of rotatable bonds is 4. The number of sulfonamides is 1. The summed E-state index contributed by atoms with van der Waals surface area (Å²) in [4.78, 5) is 19.3. The van der Waals surface area contributed by atoms with Crippen molar-refractivity contribution in [2.24, 2.45) is 5.92 Å². The minimum atomic E-state index is -3.65. The van der Waals surface area contributed by atoms with Crippen molar-refractivity contribution in [3.63, 3.8) is 0 Å². The predicted octanol–water partition coefficient (Wildman–Crippen LogP) is 2.31. The zero-order valence-corrected chi connectivity index (χ0v) is 19.5. The van der Waals surface area contributed by atoms with Crippen LogP contribution in [0.2, 0.25) is 0 Å². The van der Waals surface area contributed by atoms with Gasteiger partial charge >= 0.3 is 0 Å². The third-order valence-corrected chi connectivity index (χ3v) is 8.78. The Morgan fingerprint density at radius 2 is 1.70 bits per heavy atom. The van der Waals surface area contributed by atoms with Crippen LogP contribution < -0.4 is 9.47 Å². The largest absolute Gasteiger partial charge is 0.490 e. The highest BCUT2D eigenvalue weighted by Crippen LogP contribution is 2.34. The molecule has 3 aliphatic heterocycles. The van der Waals surface area contributed by atoms with E-state index in [0.717, 1.165) is 32.4 Å². The third kappa shape index (κ3) is 4.59. The first-order valence-electron chi connectivity index (χ1n) is 11.7. The zero-order valence-electron chi connectivity index (χ0n) is 18.6. The summed E-state index contributed by atoms with van der Waals surface area (Å²) in [6.45, 7) is 3.22. The SMILES string of the molecule is O=C(C1CCN(S(=O)(=O)c2ccc3c(c2)OCCCO3)CC1)N1CCC(n2ccnc2)CC1. The molecule has 1 aromatic carbocycles. The minimum Gasteiger partial charge on any atom is -0.490 e. The highest BCUT2D eigenvalue weighted by Gasteiger charge is 2.35. The van der Waals surface area contributed by atoms with Gasteiger partial charge in [-0.3, -0.25) is 4.79 Å². The van der Waals surface area contributed by atoms with Gasteiger partial charge in [0.05, 0.1) is 24.4 Å². The lowest BCUT2D eigenvalue weighted by Crippen LogP contribution is -2.46. The summed E-state index contributed by atoms with van der Waals surface area (Å²) in [5.74, 6) is 1.09. The molecule has 0 aliphatic carbocycles. The molecule has 2 aromatic rings. The molecule has 0 bridgehead atoms. The first kappa shape index (κ1) is 22.2. The molecule has 33 heavy (non-hydrogen) atoms. The highest BCUT2D eigenvalue weighted by molar-refractivity contribution is 7.89. The second kappa shape index (κ2) is 9.34. The summed E-state index contributed by atoms with van der Waals surface area (Å²) in [5.41, 5.74) is 0. The molecule has 5 rings (SSSR count). The first-order valence-corrected chi connectivity index (χ1v) is 13.1. The number of ether oxygens (including phenoxy) is 2. The van der Waals surface area contributed by atoms with Gasteiger partial charge < -0.3 is 18.9 Å². The molecule has 10 heteroatoms. The van der Waals surface area contributed by atoms with Gasteiger partial charge in [0.2, 0.25) is 15.9 Å². The van der Waals surface area contributed by atoms with Gasteiger partial charge in [0.1, 0.15) is 0 Å². The number of hydrogen-bond acceptors (Lipinski definition) is 6. The molecule has 0 saturated carbocycles. The third-order valence-electron chi connectivity index (χ3n) is 6.88. The number of benzene rings is 1. The van der Waals surface area contributed by atoms with Gasteiger partial charge in [-0.05, 0) is 37.8 Å². The van der Waals surface area contributed by atoms with E-state index < -0.39 is 10.0 Å². The van der Waals surface area contributed by atoms with Gasteiger partial charge in [0.25, 0.3) is 0 Å². The normalized spacial score (nSPS) is 21.0. The topological polar surface area (TPSA) is 94.0 Å². The molecule has 1 aromatic heterocycles. The molecule has 0 unspecified atom stereocenters. The van der Waals surface area contributed by atoms with E-state index in [-0.39, 0.29) is 16.7 Å². The molecule has 0 spiro atoms. The van der Waals surface area contributed by atoms with E-state index in [2.05, 4.69) is 9.55 Å². The Morgan fingerprint density at radius 3 is 2.39 bits per heavy atom. The van der Waals surface area contributed by atoms with Crippen LogP contribution in [0.25, 0.3) is 0 Å². The van der Waals surface area contributed by atoms with Gasteiger partial charge in [0, 0.05) is 63.0 Å². The molecule has 4 heterocycles. The second-order valence-electron chi connectivity index (χ2n) is 8.90.